The van der Waals surface area contributed by atoms with Gasteiger partial charge in [0.25, 0.3) is 0 Å². The molecule has 1 aromatic rings. The molecule has 0 bridgehead atoms. The average Bonchev–Trinajstić information content (AvgIpc) is 3.24. The highest BCUT2D eigenvalue weighted by Gasteiger charge is 2.14. The van der Waals surface area contributed by atoms with Gasteiger partial charge in [0.1, 0.15) is 12.2 Å². The number of aromatic nitrogens is 3. The summed E-state index contributed by atoms with van der Waals surface area (Å²) in [5.74, 6) is 1.77. The molecule has 8 nitrogen and oxygen atoms in total. The highest BCUT2D eigenvalue weighted by atomic mass is 127. The summed E-state index contributed by atoms with van der Waals surface area (Å²) in [6.45, 7) is 6.57. The van der Waals surface area contributed by atoms with Crippen molar-refractivity contribution in [1.82, 2.24) is 25.4 Å². The van der Waals surface area contributed by atoms with Gasteiger partial charge >= 0.3 is 0 Å². The van der Waals surface area contributed by atoms with Crippen molar-refractivity contribution in [3.63, 3.8) is 0 Å². The highest BCUT2D eigenvalue weighted by molar-refractivity contribution is 14.0. The van der Waals surface area contributed by atoms with Crippen molar-refractivity contribution < 1.29 is 9.47 Å². The second-order valence-corrected chi connectivity index (χ2v) is 5.43. The molecule has 1 aromatic heterocycles. The third kappa shape index (κ3) is 7.31. The van der Waals surface area contributed by atoms with Gasteiger partial charge in [0.05, 0.1) is 19.3 Å². The van der Waals surface area contributed by atoms with E-state index in [9.17, 15) is 0 Å². The van der Waals surface area contributed by atoms with E-state index < -0.39 is 0 Å². The zero-order valence-electron chi connectivity index (χ0n) is 14.5. The van der Waals surface area contributed by atoms with Gasteiger partial charge in [-0.15, -0.1) is 34.2 Å². The fourth-order valence-electron chi connectivity index (χ4n) is 2.49. The quantitative estimate of drug-likeness (QED) is 0.250. The van der Waals surface area contributed by atoms with E-state index in [-0.39, 0.29) is 30.1 Å². The van der Waals surface area contributed by atoms with Gasteiger partial charge in [-0.2, -0.15) is 0 Å². The number of halogens is 1. The molecule has 0 amide bonds. The molecule has 2 rings (SSSR count). The summed E-state index contributed by atoms with van der Waals surface area (Å²) in [5, 5.41) is 14.5. The number of aliphatic imine (C=N–C) groups is 1. The Labute approximate surface area is 160 Å². The molecule has 1 aliphatic heterocycles. The summed E-state index contributed by atoms with van der Waals surface area (Å²) in [6.07, 6.45) is 5.18. The van der Waals surface area contributed by atoms with Crippen LogP contribution in [0.15, 0.2) is 11.3 Å². The van der Waals surface area contributed by atoms with Crippen LogP contribution in [0.2, 0.25) is 0 Å². The Morgan fingerprint density at radius 1 is 1.46 bits per heavy atom. The van der Waals surface area contributed by atoms with E-state index in [1.165, 1.54) is 0 Å². The normalized spacial score (nSPS) is 17.6. The third-order valence-electron chi connectivity index (χ3n) is 3.75. The minimum atomic E-state index is 0. The van der Waals surface area contributed by atoms with Gasteiger partial charge in [0.15, 0.2) is 5.96 Å². The van der Waals surface area contributed by atoms with Crippen LogP contribution in [-0.4, -0.2) is 66.8 Å². The monoisotopic (exact) mass is 452 g/mol. The summed E-state index contributed by atoms with van der Waals surface area (Å²) in [6, 6.07) is 0. The fraction of sp³-hybridized carbons (Fsp3) is 0.800. The first-order chi connectivity index (χ1) is 11.3. The first-order valence-corrected chi connectivity index (χ1v) is 8.34. The number of nitrogens with one attached hydrogen (secondary N) is 2. The molecular formula is C15H29IN6O2. The minimum Gasteiger partial charge on any atom is -0.377 e. The first kappa shape index (κ1) is 21.1. The molecule has 0 saturated carbocycles. The number of aryl methyl sites for hydroxylation is 1. The van der Waals surface area contributed by atoms with Crippen LogP contribution in [0, 0.1) is 0 Å². The molecule has 1 atom stereocenters. The second kappa shape index (κ2) is 12.4. The largest absolute Gasteiger partial charge is 0.377 e. The van der Waals surface area contributed by atoms with Gasteiger partial charge in [-0.25, -0.2) is 0 Å². The predicted molar refractivity (Wildman–Crippen MR) is 104 cm³/mol. The van der Waals surface area contributed by atoms with Crippen molar-refractivity contribution >= 4 is 29.9 Å². The van der Waals surface area contributed by atoms with Crippen LogP contribution in [0.5, 0.6) is 0 Å². The SMILES string of the molecule is CCc1nncn1CCNC(=NC)NCCOCC1CCCO1.I. The maximum atomic E-state index is 5.62. The Kier molecular flexibility index (Phi) is 10.9. The highest BCUT2D eigenvalue weighted by Crippen LogP contribution is 2.11. The molecule has 0 radical (unpaired) electrons. The van der Waals surface area contributed by atoms with Crippen LogP contribution in [0.25, 0.3) is 0 Å². The molecule has 0 spiro atoms. The van der Waals surface area contributed by atoms with Crippen molar-refractivity contribution in [2.45, 2.75) is 38.8 Å². The molecule has 9 heteroatoms. The van der Waals surface area contributed by atoms with E-state index in [0.29, 0.717) is 13.2 Å². The van der Waals surface area contributed by atoms with Crippen LogP contribution in [0.3, 0.4) is 0 Å². The molecule has 2 N–H and O–H groups in total. The van der Waals surface area contributed by atoms with E-state index in [1.807, 2.05) is 4.57 Å². The molecule has 1 fully saturated rings. The van der Waals surface area contributed by atoms with Crippen LogP contribution < -0.4 is 10.6 Å². The molecule has 1 saturated heterocycles. The Hall–Kier alpha value is -0.940. The van der Waals surface area contributed by atoms with Crippen LogP contribution >= 0.6 is 24.0 Å². The van der Waals surface area contributed by atoms with E-state index in [1.54, 1.807) is 13.4 Å². The lowest BCUT2D eigenvalue weighted by Gasteiger charge is -2.14. The number of guanidine groups is 1. The van der Waals surface area contributed by atoms with Crippen molar-refractivity contribution in [3.05, 3.63) is 12.2 Å². The molecule has 0 aliphatic carbocycles. The summed E-state index contributed by atoms with van der Waals surface area (Å²) >= 11 is 0. The lowest BCUT2D eigenvalue weighted by molar-refractivity contribution is 0.0191. The molecule has 0 aromatic carbocycles. The molecule has 1 aliphatic rings. The van der Waals surface area contributed by atoms with Gasteiger partial charge in [-0.3, -0.25) is 4.99 Å². The fourth-order valence-corrected chi connectivity index (χ4v) is 2.49. The maximum Gasteiger partial charge on any atom is 0.191 e. The first-order valence-electron chi connectivity index (χ1n) is 8.34. The molecule has 1 unspecified atom stereocenters. The molecular weight excluding hydrogens is 423 g/mol. The van der Waals surface area contributed by atoms with E-state index in [2.05, 4.69) is 32.7 Å². The smallest absolute Gasteiger partial charge is 0.191 e. The third-order valence-corrected chi connectivity index (χ3v) is 3.75. The summed E-state index contributed by atoms with van der Waals surface area (Å²) in [4.78, 5) is 4.20. The van der Waals surface area contributed by atoms with E-state index in [4.69, 9.17) is 9.47 Å². The average molecular weight is 452 g/mol. The van der Waals surface area contributed by atoms with Crippen molar-refractivity contribution in [2.24, 2.45) is 4.99 Å². The van der Waals surface area contributed by atoms with Crippen LogP contribution in [0.1, 0.15) is 25.6 Å². The lowest BCUT2D eigenvalue weighted by Crippen LogP contribution is -2.40. The van der Waals surface area contributed by atoms with E-state index in [0.717, 1.165) is 57.3 Å². The van der Waals surface area contributed by atoms with Crippen LogP contribution in [0.4, 0.5) is 0 Å². The van der Waals surface area contributed by atoms with Gasteiger partial charge in [0, 0.05) is 39.7 Å². The number of ether oxygens (including phenoxy) is 2. The molecule has 24 heavy (non-hydrogen) atoms. The Balaban J connectivity index is 0.00000288. The summed E-state index contributed by atoms with van der Waals surface area (Å²) in [5.41, 5.74) is 0. The molecule has 2 heterocycles. The number of rotatable bonds is 9. The van der Waals surface area contributed by atoms with Gasteiger partial charge < -0.3 is 24.7 Å². The predicted octanol–water partition coefficient (Wildman–Crippen LogP) is 0.819. The van der Waals surface area contributed by atoms with Gasteiger partial charge in [-0.05, 0) is 12.8 Å². The van der Waals surface area contributed by atoms with Crippen molar-refractivity contribution in [3.8, 4) is 0 Å². The number of nitrogens with zero attached hydrogens (tertiary/aromatic N) is 4. The topological polar surface area (TPSA) is 85.6 Å². The van der Waals surface area contributed by atoms with Gasteiger partial charge in [0.2, 0.25) is 0 Å². The Bertz CT molecular complexity index is 476. The Morgan fingerprint density at radius 3 is 3.00 bits per heavy atom. The molecule has 138 valence electrons. The number of hydrogen-bond acceptors (Lipinski definition) is 5. The van der Waals surface area contributed by atoms with E-state index >= 15 is 0 Å². The van der Waals surface area contributed by atoms with Crippen LogP contribution in [-0.2, 0) is 22.4 Å². The maximum absolute atomic E-state index is 5.62. The second-order valence-electron chi connectivity index (χ2n) is 5.43. The van der Waals surface area contributed by atoms with Gasteiger partial charge in [-0.1, -0.05) is 6.92 Å². The number of hydrogen-bond donors (Lipinski definition) is 2. The lowest BCUT2D eigenvalue weighted by atomic mass is 10.2. The standard InChI is InChI=1S/C15H28N6O2.HI/c1-3-14-20-19-12-21(14)8-6-17-15(16-2)18-7-10-22-11-13-5-4-9-23-13;/h12-13H,3-11H2,1-2H3,(H2,16,17,18);1H. The zero-order chi connectivity index (χ0) is 16.3. The summed E-state index contributed by atoms with van der Waals surface area (Å²) in [7, 11) is 1.76. The summed E-state index contributed by atoms with van der Waals surface area (Å²) < 4.78 is 13.2. The van der Waals surface area contributed by atoms with Crippen molar-refractivity contribution in [1.29, 1.82) is 0 Å². The Morgan fingerprint density at radius 2 is 2.29 bits per heavy atom. The van der Waals surface area contributed by atoms with Crippen molar-refractivity contribution in [2.75, 3.05) is 40.0 Å². The minimum absolute atomic E-state index is 0. The zero-order valence-corrected chi connectivity index (χ0v) is 16.9.